The number of rotatable bonds is 7. The van der Waals surface area contributed by atoms with E-state index in [0.717, 1.165) is 24.2 Å². The van der Waals surface area contributed by atoms with Crippen LogP contribution in [0.25, 0.3) is 0 Å². The number of furan rings is 1. The lowest BCUT2D eigenvalue weighted by Crippen LogP contribution is -2.28. The molecule has 36 heavy (non-hydrogen) atoms. The summed E-state index contributed by atoms with van der Waals surface area (Å²) >= 11 is 6.43. The molecule has 0 atom stereocenters. The lowest BCUT2D eigenvalue weighted by molar-refractivity contribution is 0.0990. The van der Waals surface area contributed by atoms with E-state index in [0.29, 0.717) is 10.8 Å². The van der Waals surface area contributed by atoms with Crippen LogP contribution >= 0.6 is 11.6 Å². The average molecular weight is 519 g/mol. The van der Waals surface area contributed by atoms with Crippen molar-refractivity contribution in [2.75, 3.05) is 38.5 Å². The van der Waals surface area contributed by atoms with Gasteiger partial charge in [0.2, 0.25) is 11.8 Å². The van der Waals surface area contributed by atoms with Gasteiger partial charge in [-0.05, 0) is 35.6 Å². The summed E-state index contributed by atoms with van der Waals surface area (Å²) in [6, 6.07) is 6.78. The van der Waals surface area contributed by atoms with Crippen molar-refractivity contribution in [1.29, 1.82) is 0 Å². The molecule has 0 saturated heterocycles. The van der Waals surface area contributed by atoms with E-state index in [1.807, 2.05) is 26.0 Å². The molecular weight excluding hydrogens is 488 g/mol. The lowest BCUT2D eigenvalue weighted by Gasteiger charge is -2.33. The predicted molar refractivity (Wildman–Crippen MR) is 137 cm³/mol. The molecule has 10 nitrogen and oxygen atoms in total. The number of halogens is 1. The fourth-order valence-corrected chi connectivity index (χ4v) is 3.86. The van der Waals surface area contributed by atoms with Crippen molar-refractivity contribution in [3.63, 3.8) is 0 Å². The largest absolute Gasteiger partial charge is 0.479 e. The first kappa shape index (κ1) is 26.9. The van der Waals surface area contributed by atoms with Gasteiger partial charge < -0.3 is 34.0 Å². The number of methoxy groups -OCH3 is 3. The van der Waals surface area contributed by atoms with E-state index in [1.54, 1.807) is 0 Å². The van der Waals surface area contributed by atoms with Gasteiger partial charge in [-0.25, -0.2) is 0 Å². The molecule has 1 aromatic carbocycles. The Morgan fingerprint density at radius 3 is 2.36 bits per heavy atom. The van der Waals surface area contributed by atoms with Crippen LogP contribution in [0.3, 0.4) is 0 Å². The van der Waals surface area contributed by atoms with E-state index in [1.165, 1.54) is 33.5 Å². The number of aromatic nitrogens is 2. The first-order valence-electron chi connectivity index (χ1n) is 11.5. The first-order chi connectivity index (χ1) is 17.2. The van der Waals surface area contributed by atoms with Crippen molar-refractivity contribution in [3.8, 4) is 29.5 Å². The number of ether oxygens (including phenoxy) is 4. The van der Waals surface area contributed by atoms with Crippen molar-refractivity contribution in [1.82, 2.24) is 9.97 Å². The molecule has 0 aliphatic carbocycles. The van der Waals surface area contributed by atoms with E-state index in [9.17, 15) is 4.79 Å². The van der Waals surface area contributed by atoms with E-state index in [2.05, 4.69) is 34.4 Å². The molecule has 2 aromatic heterocycles. The second-order valence-corrected chi connectivity index (χ2v) is 8.57. The zero-order valence-corrected chi connectivity index (χ0v) is 22.2. The molecule has 2 N–H and O–H groups in total. The number of benzene rings is 1. The van der Waals surface area contributed by atoms with Crippen LogP contribution in [0, 0.1) is 0 Å². The maximum absolute atomic E-state index is 12.8. The van der Waals surface area contributed by atoms with Crippen molar-refractivity contribution in [3.05, 3.63) is 40.6 Å². The second kappa shape index (κ2) is 11.4. The Bertz CT molecular complexity index is 1200. The highest BCUT2D eigenvalue weighted by atomic mass is 35.5. The third-order valence-corrected chi connectivity index (χ3v) is 5.81. The summed E-state index contributed by atoms with van der Waals surface area (Å²) in [5.41, 5.74) is 2.18. The number of hydrogen-bond acceptors (Lipinski definition) is 9. The van der Waals surface area contributed by atoms with Crippen LogP contribution in [0.5, 0.6) is 29.5 Å². The van der Waals surface area contributed by atoms with Crippen LogP contribution in [0.15, 0.2) is 28.7 Å². The van der Waals surface area contributed by atoms with Gasteiger partial charge in [-0.3, -0.25) is 4.79 Å². The Balaban J connectivity index is 0.00000176. The molecule has 0 spiro atoms. The third-order valence-electron chi connectivity index (χ3n) is 5.51. The van der Waals surface area contributed by atoms with Crippen LogP contribution in [-0.4, -0.2) is 43.7 Å². The fraction of sp³-hybridized carbons (Fsp3) is 0.400. The van der Waals surface area contributed by atoms with E-state index < -0.39 is 5.91 Å². The molecule has 0 fully saturated rings. The number of fused-ring (bicyclic) bond motifs is 1. The number of carbonyl (C=O) groups excluding carboxylic acids is 1. The number of anilines is 2. The number of amides is 1. The molecule has 194 valence electrons. The summed E-state index contributed by atoms with van der Waals surface area (Å²) in [4.78, 5) is 20.9. The Kier molecular flexibility index (Phi) is 8.52. The van der Waals surface area contributed by atoms with Gasteiger partial charge in [0.15, 0.2) is 11.4 Å². The predicted octanol–water partition coefficient (Wildman–Crippen LogP) is 5.91. The zero-order valence-electron chi connectivity index (χ0n) is 21.4. The molecule has 0 radical (unpaired) electrons. The van der Waals surface area contributed by atoms with Crippen molar-refractivity contribution < 1.29 is 28.2 Å². The molecular formula is C25H31ClN4O6. The third kappa shape index (κ3) is 5.59. The van der Waals surface area contributed by atoms with Gasteiger partial charge in [-0.2, -0.15) is 9.97 Å². The number of hydrogen-bond donors (Lipinski definition) is 2. The highest BCUT2D eigenvalue weighted by Crippen LogP contribution is 2.43. The minimum Gasteiger partial charge on any atom is -0.479 e. The van der Waals surface area contributed by atoms with Gasteiger partial charge in [-0.15, -0.1) is 0 Å². The molecule has 1 aliphatic heterocycles. The monoisotopic (exact) mass is 518 g/mol. The Morgan fingerprint density at radius 1 is 1.08 bits per heavy atom. The van der Waals surface area contributed by atoms with Crippen LogP contribution in [0.1, 0.15) is 50.2 Å². The minimum atomic E-state index is -0.581. The minimum absolute atomic E-state index is 0.00833. The summed E-state index contributed by atoms with van der Waals surface area (Å²) in [6.07, 6.45) is 0.980. The highest BCUT2D eigenvalue weighted by Gasteiger charge is 2.29. The summed E-state index contributed by atoms with van der Waals surface area (Å²) < 4.78 is 26.9. The summed E-state index contributed by atoms with van der Waals surface area (Å²) in [6.45, 7) is 9.22. The quantitative estimate of drug-likeness (QED) is 0.393. The molecule has 3 aromatic rings. The molecule has 3 heterocycles. The fourth-order valence-electron chi connectivity index (χ4n) is 3.66. The lowest BCUT2D eigenvalue weighted by atomic mass is 9.78. The molecule has 0 bridgehead atoms. The van der Waals surface area contributed by atoms with Gasteiger partial charge in [0.05, 0.1) is 26.4 Å². The SMILES string of the molecule is CC.COc1nc(OC)c(NC(=O)c2ccc(Oc3cc4c(cc3Cl)NCCC4(C)C)o2)c(OC)n1. The van der Waals surface area contributed by atoms with Crippen molar-refractivity contribution in [2.45, 2.75) is 39.5 Å². The van der Waals surface area contributed by atoms with Gasteiger partial charge in [0.25, 0.3) is 11.9 Å². The average Bonchev–Trinajstić information content (AvgIpc) is 3.34. The van der Waals surface area contributed by atoms with Gasteiger partial charge >= 0.3 is 6.01 Å². The van der Waals surface area contributed by atoms with Gasteiger partial charge in [0.1, 0.15) is 5.75 Å². The molecule has 0 unspecified atom stereocenters. The molecule has 11 heteroatoms. The zero-order chi connectivity index (χ0) is 26.5. The Morgan fingerprint density at radius 2 is 1.75 bits per heavy atom. The van der Waals surface area contributed by atoms with E-state index >= 15 is 0 Å². The van der Waals surface area contributed by atoms with Crippen LogP contribution in [0.4, 0.5) is 11.4 Å². The maximum atomic E-state index is 12.8. The van der Waals surface area contributed by atoms with Crippen molar-refractivity contribution in [2.24, 2.45) is 0 Å². The number of carbonyl (C=O) groups is 1. The standard InChI is InChI=1S/C23H25ClN4O6.C2H6/c1-23(2)8-9-25-14-11-13(24)16(10-12(14)23)34-17-7-6-15(33-17)19(29)26-18-20(30-3)27-22(32-5)28-21(18)31-4;1-2/h6-7,10-11,25H,8-9H2,1-5H3,(H,26,29);1-2H3. The number of nitrogens with zero attached hydrogens (tertiary/aromatic N) is 2. The molecule has 1 amide bonds. The first-order valence-corrected chi connectivity index (χ1v) is 11.8. The van der Waals surface area contributed by atoms with E-state index in [4.69, 9.17) is 35.0 Å². The summed E-state index contributed by atoms with van der Waals surface area (Å²) in [7, 11) is 4.20. The summed E-state index contributed by atoms with van der Waals surface area (Å²) in [5, 5.41) is 6.43. The van der Waals surface area contributed by atoms with Crippen LogP contribution < -0.4 is 29.6 Å². The second-order valence-electron chi connectivity index (χ2n) is 8.17. The molecule has 4 rings (SSSR count). The van der Waals surface area contributed by atoms with Gasteiger partial charge in [0, 0.05) is 18.3 Å². The van der Waals surface area contributed by atoms with Crippen molar-refractivity contribution >= 4 is 28.9 Å². The van der Waals surface area contributed by atoms with Crippen LogP contribution in [-0.2, 0) is 5.41 Å². The molecule has 0 saturated carbocycles. The number of nitrogens with one attached hydrogen (secondary N) is 2. The highest BCUT2D eigenvalue weighted by molar-refractivity contribution is 6.32. The van der Waals surface area contributed by atoms with E-state index in [-0.39, 0.29) is 40.6 Å². The summed E-state index contributed by atoms with van der Waals surface area (Å²) in [5.74, 6) is 0.0891. The molecule has 1 aliphatic rings. The maximum Gasteiger partial charge on any atom is 0.322 e. The van der Waals surface area contributed by atoms with Gasteiger partial charge in [-0.1, -0.05) is 39.3 Å². The topological polar surface area (TPSA) is 117 Å². The normalized spacial score (nSPS) is 13.3. The Hall–Kier alpha value is -3.66. The van der Waals surface area contributed by atoms with Crippen LogP contribution in [0.2, 0.25) is 5.02 Å². The smallest absolute Gasteiger partial charge is 0.322 e. The Labute approximate surface area is 215 Å².